The SMILES string of the molecule is CN=C(NCCC(=O)NCc1ccccc1)N1CCC(COC)C1. The summed E-state index contributed by atoms with van der Waals surface area (Å²) in [6.45, 7) is 3.87. The highest BCUT2D eigenvalue weighted by Gasteiger charge is 2.24. The van der Waals surface area contributed by atoms with Gasteiger partial charge in [-0.25, -0.2) is 0 Å². The molecule has 6 nitrogen and oxygen atoms in total. The molecule has 0 saturated carbocycles. The summed E-state index contributed by atoms with van der Waals surface area (Å²) >= 11 is 0. The Bertz CT molecular complexity index is 533. The molecule has 1 fully saturated rings. The lowest BCUT2D eigenvalue weighted by molar-refractivity contribution is -0.121. The summed E-state index contributed by atoms with van der Waals surface area (Å²) in [5, 5.41) is 6.21. The number of methoxy groups -OCH3 is 1. The van der Waals surface area contributed by atoms with Crippen molar-refractivity contribution < 1.29 is 9.53 Å². The molecular weight excluding hydrogens is 304 g/mol. The van der Waals surface area contributed by atoms with Gasteiger partial charge < -0.3 is 20.3 Å². The molecule has 0 aliphatic carbocycles. The fourth-order valence-corrected chi connectivity index (χ4v) is 2.90. The lowest BCUT2D eigenvalue weighted by Gasteiger charge is -2.21. The second-order valence-electron chi connectivity index (χ2n) is 6.04. The van der Waals surface area contributed by atoms with Crippen LogP contribution >= 0.6 is 0 Å². The van der Waals surface area contributed by atoms with Crippen molar-refractivity contribution in [2.75, 3.05) is 40.4 Å². The van der Waals surface area contributed by atoms with Crippen LogP contribution in [0.25, 0.3) is 0 Å². The van der Waals surface area contributed by atoms with E-state index in [0.29, 0.717) is 25.4 Å². The Hall–Kier alpha value is -2.08. The number of carbonyl (C=O) groups is 1. The van der Waals surface area contributed by atoms with E-state index in [0.717, 1.165) is 37.6 Å². The molecule has 1 amide bonds. The van der Waals surface area contributed by atoms with E-state index in [2.05, 4.69) is 20.5 Å². The predicted molar refractivity (Wildman–Crippen MR) is 95.8 cm³/mol. The summed E-state index contributed by atoms with van der Waals surface area (Å²) in [5.41, 5.74) is 1.11. The molecule has 0 aromatic heterocycles. The number of carbonyl (C=O) groups excluding carboxylic acids is 1. The summed E-state index contributed by atoms with van der Waals surface area (Å²) in [6.07, 6.45) is 1.55. The van der Waals surface area contributed by atoms with Crippen LogP contribution in [0, 0.1) is 5.92 Å². The average molecular weight is 332 g/mol. The molecular formula is C18H28N4O2. The fraction of sp³-hybridized carbons (Fsp3) is 0.556. The molecule has 1 aliphatic heterocycles. The highest BCUT2D eigenvalue weighted by atomic mass is 16.5. The standard InChI is InChI=1S/C18H28N4O2/c1-19-18(22-11-9-16(13-22)14-24-2)20-10-8-17(23)21-12-15-6-4-3-5-7-15/h3-7,16H,8-14H2,1-2H3,(H,19,20)(H,21,23). The van der Waals surface area contributed by atoms with Crippen LogP contribution in [0.3, 0.4) is 0 Å². The average Bonchev–Trinajstić information content (AvgIpc) is 3.06. The molecule has 1 atom stereocenters. The molecule has 1 unspecified atom stereocenters. The van der Waals surface area contributed by atoms with Crippen molar-refractivity contribution in [2.45, 2.75) is 19.4 Å². The van der Waals surface area contributed by atoms with Crippen LogP contribution in [0.4, 0.5) is 0 Å². The van der Waals surface area contributed by atoms with Crippen molar-refractivity contribution in [3.63, 3.8) is 0 Å². The second-order valence-corrected chi connectivity index (χ2v) is 6.04. The highest BCUT2D eigenvalue weighted by molar-refractivity contribution is 5.81. The quantitative estimate of drug-likeness (QED) is 0.582. The zero-order valence-corrected chi connectivity index (χ0v) is 14.6. The Labute approximate surface area is 144 Å². The summed E-state index contributed by atoms with van der Waals surface area (Å²) in [6, 6.07) is 9.92. The van der Waals surface area contributed by atoms with Gasteiger partial charge in [-0.05, 0) is 12.0 Å². The van der Waals surface area contributed by atoms with E-state index in [9.17, 15) is 4.79 Å². The van der Waals surface area contributed by atoms with Crippen molar-refractivity contribution in [2.24, 2.45) is 10.9 Å². The number of guanidine groups is 1. The number of benzene rings is 1. The molecule has 132 valence electrons. The van der Waals surface area contributed by atoms with Gasteiger partial charge in [0.2, 0.25) is 5.91 Å². The van der Waals surface area contributed by atoms with Crippen LogP contribution in [-0.4, -0.2) is 57.2 Å². The minimum Gasteiger partial charge on any atom is -0.384 e. The van der Waals surface area contributed by atoms with E-state index in [1.165, 1.54) is 0 Å². The number of ether oxygens (including phenoxy) is 1. The molecule has 2 rings (SSSR count). The Morgan fingerprint density at radius 3 is 2.83 bits per heavy atom. The van der Waals surface area contributed by atoms with Crippen LogP contribution in [0.15, 0.2) is 35.3 Å². The smallest absolute Gasteiger partial charge is 0.222 e. The van der Waals surface area contributed by atoms with E-state index in [4.69, 9.17) is 4.74 Å². The van der Waals surface area contributed by atoms with E-state index in [-0.39, 0.29) is 5.91 Å². The molecule has 1 aliphatic rings. The minimum atomic E-state index is 0.0421. The maximum atomic E-state index is 11.9. The van der Waals surface area contributed by atoms with Gasteiger partial charge in [0.25, 0.3) is 0 Å². The van der Waals surface area contributed by atoms with Gasteiger partial charge in [-0.2, -0.15) is 0 Å². The Morgan fingerprint density at radius 2 is 2.12 bits per heavy atom. The number of amides is 1. The lowest BCUT2D eigenvalue weighted by Crippen LogP contribution is -2.41. The van der Waals surface area contributed by atoms with Gasteiger partial charge in [0.05, 0.1) is 6.61 Å². The van der Waals surface area contributed by atoms with Gasteiger partial charge in [0, 0.05) is 52.7 Å². The normalized spacial score (nSPS) is 17.8. The molecule has 1 aromatic rings. The minimum absolute atomic E-state index is 0.0421. The third kappa shape index (κ3) is 5.85. The molecule has 0 radical (unpaired) electrons. The van der Waals surface area contributed by atoms with Crippen LogP contribution in [0.1, 0.15) is 18.4 Å². The first kappa shape index (κ1) is 18.3. The number of hydrogen-bond acceptors (Lipinski definition) is 3. The van der Waals surface area contributed by atoms with Crippen LogP contribution < -0.4 is 10.6 Å². The summed E-state index contributed by atoms with van der Waals surface area (Å²) < 4.78 is 5.22. The molecule has 0 bridgehead atoms. The second kappa shape index (κ2) is 9.93. The maximum absolute atomic E-state index is 11.9. The monoisotopic (exact) mass is 332 g/mol. The highest BCUT2D eigenvalue weighted by Crippen LogP contribution is 2.16. The molecule has 6 heteroatoms. The Morgan fingerprint density at radius 1 is 1.33 bits per heavy atom. The molecule has 1 saturated heterocycles. The van der Waals surface area contributed by atoms with Gasteiger partial charge in [0.15, 0.2) is 5.96 Å². The number of aliphatic imine (C=N–C) groups is 1. The molecule has 1 heterocycles. The van der Waals surface area contributed by atoms with Crippen molar-refractivity contribution in [3.05, 3.63) is 35.9 Å². The van der Waals surface area contributed by atoms with Gasteiger partial charge in [-0.3, -0.25) is 9.79 Å². The fourth-order valence-electron chi connectivity index (χ4n) is 2.90. The van der Waals surface area contributed by atoms with Crippen LogP contribution in [-0.2, 0) is 16.1 Å². The summed E-state index contributed by atoms with van der Waals surface area (Å²) in [5.74, 6) is 1.47. The van der Waals surface area contributed by atoms with Crippen LogP contribution in [0.5, 0.6) is 0 Å². The number of nitrogens with one attached hydrogen (secondary N) is 2. The summed E-state index contributed by atoms with van der Waals surface area (Å²) in [4.78, 5) is 18.5. The number of rotatable bonds is 7. The molecule has 1 aromatic carbocycles. The third-order valence-corrected chi connectivity index (χ3v) is 4.17. The van der Waals surface area contributed by atoms with Crippen molar-refractivity contribution in [1.82, 2.24) is 15.5 Å². The van der Waals surface area contributed by atoms with E-state index < -0.39 is 0 Å². The largest absolute Gasteiger partial charge is 0.384 e. The first-order chi connectivity index (χ1) is 11.7. The summed E-state index contributed by atoms with van der Waals surface area (Å²) in [7, 11) is 3.52. The lowest BCUT2D eigenvalue weighted by atomic mass is 10.1. The third-order valence-electron chi connectivity index (χ3n) is 4.17. The first-order valence-corrected chi connectivity index (χ1v) is 8.48. The molecule has 24 heavy (non-hydrogen) atoms. The number of likely N-dealkylation sites (tertiary alicyclic amines) is 1. The molecule has 0 spiro atoms. The van der Waals surface area contributed by atoms with E-state index in [1.54, 1.807) is 14.2 Å². The number of nitrogens with zero attached hydrogens (tertiary/aromatic N) is 2. The van der Waals surface area contributed by atoms with Gasteiger partial charge in [-0.1, -0.05) is 30.3 Å². The van der Waals surface area contributed by atoms with E-state index >= 15 is 0 Å². The van der Waals surface area contributed by atoms with Crippen LogP contribution in [0.2, 0.25) is 0 Å². The Balaban J connectivity index is 1.66. The van der Waals surface area contributed by atoms with Crippen molar-refractivity contribution >= 4 is 11.9 Å². The van der Waals surface area contributed by atoms with Crippen molar-refractivity contribution in [1.29, 1.82) is 0 Å². The van der Waals surface area contributed by atoms with E-state index in [1.807, 2.05) is 30.3 Å². The Kier molecular flexibility index (Phi) is 7.55. The maximum Gasteiger partial charge on any atom is 0.222 e. The zero-order chi connectivity index (χ0) is 17.2. The van der Waals surface area contributed by atoms with Gasteiger partial charge >= 0.3 is 0 Å². The molecule has 2 N–H and O–H groups in total. The number of hydrogen-bond donors (Lipinski definition) is 2. The zero-order valence-electron chi connectivity index (χ0n) is 14.6. The van der Waals surface area contributed by atoms with Gasteiger partial charge in [0.1, 0.15) is 0 Å². The topological polar surface area (TPSA) is 66.0 Å². The predicted octanol–water partition coefficient (Wildman–Crippen LogP) is 1.24. The van der Waals surface area contributed by atoms with Gasteiger partial charge in [-0.15, -0.1) is 0 Å². The first-order valence-electron chi connectivity index (χ1n) is 8.48. The van der Waals surface area contributed by atoms with Crippen molar-refractivity contribution in [3.8, 4) is 0 Å².